The molecular formula is C44H40O13. The molecule has 7 aromatic rings. The van der Waals surface area contributed by atoms with Crippen LogP contribution in [0.4, 0.5) is 4.79 Å². The van der Waals surface area contributed by atoms with E-state index in [0.29, 0.717) is 27.1 Å². The molecule has 2 unspecified atom stereocenters. The van der Waals surface area contributed by atoms with Gasteiger partial charge in [-0.1, -0.05) is 30.3 Å². The second kappa shape index (κ2) is 15.4. The molecule has 0 aromatic heterocycles. The fourth-order valence-electron chi connectivity index (χ4n) is 7.76. The van der Waals surface area contributed by atoms with E-state index in [4.69, 9.17) is 33.2 Å². The first-order valence-electron chi connectivity index (χ1n) is 18.0. The molecule has 7 aromatic carbocycles. The number of carbonyl (C=O) groups excluding carboxylic acids is 1. The summed E-state index contributed by atoms with van der Waals surface area (Å²) in [6, 6.07) is 17.7. The lowest BCUT2D eigenvalue weighted by molar-refractivity contribution is 0.0533. The molecule has 3 N–H and O–H groups in total. The summed E-state index contributed by atoms with van der Waals surface area (Å²) < 4.78 is 40.7. The zero-order chi connectivity index (χ0) is 40.7. The number of phenols is 3. The maximum absolute atomic E-state index is 14.5. The van der Waals surface area contributed by atoms with Crippen molar-refractivity contribution in [2.45, 2.75) is 45.5 Å². The van der Waals surface area contributed by atoms with Crippen molar-refractivity contribution in [2.75, 3.05) is 28.4 Å². The lowest BCUT2D eigenvalue weighted by Gasteiger charge is -2.26. The largest absolute Gasteiger partial charge is 0.514 e. The summed E-state index contributed by atoms with van der Waals surface area (Å²) in [5.41, 5.74) is 0.344. The van der Waals surface area contributed by atoms with Gasteiger partial charge in [-0.05, 0) is 54.4 Å². The third kappa shape index (κ3) is 6.69. The Bertz CT molecular complexity index is 2750. The van der Waals surface area contributed by atoms with Gasteiger partial charge < -0.3 is 48.5 Å². The fraction of sp³-hybridized carbons (Fsp3) is 0.250. The topological polar surface area (TPSA) is 177 Å². The molecule has 7 rings (SSSR count). The van der Waals surface area contributed by atoms with Crippen LogP contribution in [0.25, 0.3) is 43.1 Å². The van der Waals surface area contributed by atoms with Crippen LogP contribution in [0.15, 0.2) is 76.3 Å². The first kappa shape index (κ1) is 38.5. The molecule has 0 heterocycles. The van der Waals surface area contributed by atoms with E-state index < -0.39 is 35.0 Å². The van der Waals surface area contributed by atoms with Gasteiger partial charge in [0, 0.05) is 57.6 Å². The number of hydrogen-bond donors (Lipinski definition) is 3. The van der Waals surface area contributed by atoms with Gasteiger partial charge in [0.1, 0.15) is 40.6 Å². The normalized spacial score (nSPS) is 12.6. The van der Waals surface area contributed by atoms with Crippen molar-refractivity contribution >= 4 is 49.2 Å². The van der Waals surface area contributed by atoms with E-state index in [1.165, 1.54) is 64.8 Å². The highest BCUT2D eigenvalue weighted by molar-refractivity contribution is 6.38. The van der Waals surface area contributed by atoms with Gasteiger partial charge in [-0.2, -0.15) is 0 Å². The Morgan fingerprint density at radius 2 is 1.09 bits per heavy atom. The summed E-state index contributed by atoms with van der Waals surface area (Å²) >= 11 is 0. The van der Waals surface area contributed by atoms with Crippen molar-refractivity contribution in [2.24, 2.45) is 0 Å². The standard InChI is InChI=1S/C44H40O13/c1-21(55-20-23-10-8-7-9-11-23)16-26-32-33-27(17-22(2)56-44(50)57-25-14-12-24(45)13-15-25)43(54-6)41(49)35-29(47)19-31(52-4)37(39(33)35)36-30(51-3)18-28(46)34(38(32)36)40(48)42(26)53-5/h7-15,18-19,21-22,45-47H,16-17,20H2,1-6H3. The number of ether oxygens (including phenoxy) is 7. The highest BCUT2D eigenvalue weighted by atomic mass is 16.7. The van der Waals surface area contributed by atoms with E-state index in [0.717, 1.165) is 5.56 Å². The lowest BCUT2D eigenvalue weighted by Crippen LogP contribution is -2.22. The van der Waals surface area contributed by atoms with E-state index in [2.05, 4.69) is 0 Å². The van der Waals surface area contributed by atoms with Crippen LogP contribution in [0, 0.1) is 0 Å². The van der Waals surface area contributed by atoms with Crippen molar-refractivity contribution in [3.8, 4) is 46.0 Å². The number of aromatic hydroxyl groups is 3. The number of carbonyl (C=O) groups is 1. The molecule has 13 heteroatoms. The average molecular weight is 777 g/mol. The minimum absolute atomic E-state index is 0.0170. The van der Waals surface area contributed by atoms with Gasteiger partial charge in [0.05, 0.1) is 51.9 Å². The SMILES string of the molecule is COc1c(CC(C)OCc2ccccc2)c2c3c(CC(C)OC(=O)Oc4ccc(O)cc4)c(OC)c(=O)c4c(O)cc(OC)c(c5c(OC)cc(O)c(c1=O)c52)c43. The number of phenolic OH excluding ortho intramolecular Hbond substituents is 3. The minimum Gasteiger partial charge on any atom is -0.508 e. The molecule has 0 bridgehead atoms. The van der Waals surface area contributed by atoms with Crippen LogP contribution < -0.4 is 34.5 Å². The summed E-state index contributed by atoms with van der Waals surface area (Å²) in [6.07, 6.45) is -2.51. The lowest BCUT2D eigenvalue weighted by atomic mass is 9.82. The molecular weight excluding hydrogens is 736 g/mol. The molecule has 0 saturated heterocycles. The van der Waals surface area contributed by atoms with Crippen LogP contribution >= 0.6 is 0 Å². The van der Waals surface area contributed by atoms with Crippen LogP contribution in [0.5, 0.6) is 46.0 Å². The highest BCUT2D eigenvalue weighted by Crippen LogP contribution is 2.53. The first-order chi connectivity index (χ1) is 27.4. The summed E-state index contributed by atoms with van der Waals surface area (Å²) in [5, 5.41) is 34.5. The van der Waals surface area contributed by atoms with Crippen molar-refractivity contribution < 1.29 is 53.3 Å². The predicted molar refractivity (Wildman–Crippen MR) is 214 cm³/mol. The Balaban J connectivity index is 1.57. The van der Waals surface area contributed by atoms with Gasteiger partial charge in [-0.15, -0.1) is 0 Å². The third-order valence-corrected chi connectivity index (χ3v) is 10.1. The van der Waals surface area contributed by atoms with Crippen LogP contribution in [-0.4, -0.2) is 62.1 Å². The van der Waals surface area contributed by atoms with Gasteiger partial charge >= 0.3 is 6.16 Å². The molecule has 2 atom stereocenters. The van der Waals surface area contributed by atoms with E-state index in [-0.39, 0.29) is 86.8 Å². The van der Waals surface area contributed by atoms with E-state index in [9.17, 15) is 29.7 Å². The predicted octanol–water partition coefficient (Wildman–Crippen LogP) is 7.34. The highest BCUT2D eigenvalue weighted by Gasteiger charge is 2.33. The van der Waals surface area contributed by atoms with Crippen molar-refractivity contribution in [1.82, 2.24) is 0 Å². The molecule has 0 radical (unpaired) electrons. The number of fused-ring (bicyclic) bond motifs is 2. The average Bonchev–Trinajstić information content (AvgIpc) is 3.19. The second-order valence-corrected chi connectivity index (χ2v) is 13.7. The molecule has 0 fully saturated rings. The minimum atomic E-state index is -1.05. The molecule has 0 aliphatic rings. The third-order valence-electron chi connectivity index (χ3n) is 10.1. The number of rotatable bonds is 13. The van der Waals surface area contributed by atoms with Crippen LogP contribution in [0.2, 0.25) is 0 Å². The quantitative estimate of drug-likeness (QED) is 0.0459. The molecule has 57 heavy (non-hydrogen) atoms. The summed E-state index contributed by atoms with van der Waals surface area (Å²) in [6.45, 7) is 3.73. The summed E-state index contributed by atoms with van der Waals surface area (Å²) in [7, 11) is 5.48. The molecule has 0 aliphatic heterocycles. The Labute approximate surface area is 325 Å². The first-order valence-corrected chi connectivity index (χ1v) is 18.0. The van der Waals surface area contributed by atoms with Crippen LogP contribution in [0.1, 0.15) is 30.5 Å². The Hall–Kier alpha value is -6.73. The number of benzene rings is 7. The molecule has 0 spiro atoms. The van der Waals surface area contributed by atoms with Crippen LogP contribution in [-0.2, 0) is 28.9 Å². The van der Waals surface area contributed by atoms with Gasteiger partial charge in [0.2, 0.25) is 10.9 Å². The fourth-order valence-corrected chi connectivity index (χ4v) is 7.76. The van der Waals surface area contributed by atoms with Crippen molar-refractivity contribution in [1.29, 1.82) is 0 Å². The second-order valence-electron chi connectivity index (χ2n) is 13.7. The van der Waals surface area contributed by atoms with Crippen molar-refractivity contribution in [3.05, 3.63) is 104 Å². The van der Waals surface area contributed by atoms with Crippen LogP contribution in [0.3, 0.4) is 0 Å². The van der Waals surface area contributed by atoms with Gasteiger partial charge in [0.25, 0.3) is 0 Å². The van der Waals surface area contributed by atoms with Gasteiger partial charge in [-0.25, -0.2) is 4.79 Å². The smallest absolute Gasteiger partial charge is 0.508 e. The van der Waals surface area contributed by atoms with Crippen molar-refractivity contribution in [3.63, 3.8) is 0 Å². The monoisotopic (exact) mass is 776 g/mol. The zero-order valence-corrected chi connectivity index (χ0v) is 32.1. The van der Waals surface area contributed by atoms with Gasteiger partial charge in [0.15, 0.2) is 11.5 Å². The molecule has 0 saturated carbocycles. The number of hydrogen-bond acceptors (Lipinski definition) is 13. The molecule has 294 valence electrons. The summed E-state index contributed by atoms with van der Waals surface area (Å²) in [5.74, 6) is -0.567. The Morgan fingerprint density at radius 3 is 1.56 bits per heavy atom. The summed E-state index contributed by atoms with van der Waals surface area (Å²) in [4.78, 5) is 42.0. The molecule has 0 aliphatic carbocycles. The maximum Gasteiger partial charge on any atom is 0.514 e. The van der Waals surface area contributed by atoms with E-state index in [1.54, 1.807) is 6.92 Å². The van der Waals surface area contributed by atoms with E-state index in [1.807, 2.05) is 37.3 Å². The maximum atomic E-state index is 14.5. The Kier molecular flexibility index (Phi) is 10.4. The Morgan fingerprint density at radius 1 is 0.596 bits per heavy atom. The number of methoxy groups -OCH3 is 4. The van der Waals surface area contributed by atoms with Gasteiger partial charge in [-0.3, -0.25) is 9.59 Å². The molecule has 13 nitrogen and oxygen atoms in total. The zero-order valence-electron chi connectivity index (χ0n) is 32.1. The van der Waals surface area contributed by atoms with E-state index >= 15 is 0 Å². The molecule has 0 amide bonds.